The van der Waals surface area contributed by atoms with Crippen LogP contribution in [0.2, 0.25) is 5.15 Å². The number of benzene rings is 6. The first-order valence-electron chi connectivity index (χ1n) is 11.0. The second-order valence-corrected chi connectivity index (χ2v) is 8.73. The van der Waals surface area contributed by atoms with Crippen LogP contribution >= 0.6 is 11.6 Å². The normalized spacial score (nSPS) is 11.8. The molecule has 0 bridgehead atoms. The van der Waals surface area contributed by atoms with E-state index in [1.54, 1.807) is 0 Å². The molecule has 0 spiro atoms. The van der Waals surface area contributed by atoms with Crippen molar-refractivity contribution in [3.63, 3.8) is 0 Å². The highest BCUT2D eigenvalue weighted by atomic mass is 35.5. The Morgan fingerprint density at radius 1 is 0.455 bits per heavy atom. The highest BCUT2D eigenvalue weighted by Gasteiger charge is 2.15. The summed E-state index contributed by atoms with van der Waals surface area (Å²) >= 11 is 6.76. The number of hydrogen-bond donors (Lipinski definition) is 0. The molecule has 7 aromatic rings. The zero-order valence-electron chi connectivity index (χ0n) is 17.6. The molecule has 0 fully saturated rings. The first-order valence-corrected chi connectivity index (χ1v) is 11.3. The molecule has 0 aliphatic carbocycles. The fraction of sp³-hybridized carbons (Fsp3) is 0. The van der Waals surface area contributed by atoms with Crippen molar-refractivity contribution < 1.29 is 0 Å². The van der Waals surface area contributed by atoms with Gasteiger partial charge in [-0.1, -0.05) is 109 Å². The molecular formula is C30H17ClN2. The highest BCUT2D eigenvalue weighted by molar-refractivity contribution is 6.33. The SMILES string of the molecule is Clc1nc2c3ccccc3c3ccccc3c2nc1-c1ccc2c(ccc3ccccc32)c1. The van der Waals surface area contributed by atoms with Gasteiger partial charge in [0, 0.05) is 16.3 Å². The van der Waals surface area contributed by atoms with E-state index in [2.05, 4.69) is 91.0 Å². The number of fused-ring (bicyclic) bond motifs is 9. The Morgan fingerprint density at radius 2 is 1.00 bits per heavy atom. The Kier molecular flexibility index (Phi) is 3.93. The molecule has 0 aliphatic heterocycles. The Bertz CT molecular complexity index is 1890. The summed E-state index contributed by atoms with van der Waals surface area (Å²) in [6, 6.07) is 35.9. The molecule has 0 saturated carbocycles. The molecular weight excluding hydrogens is 424 g/mol. The summed E-state index contributed by atoms with van der Waals surface area (Å²) in [5, 5.41) is 9.77. The van der Waals surface area contributed by atoms with Crippen LogP contribution in [0.25, 0.3) is 65.4 Å². The molecule has 1 aromatic heterocycles. The van der Waals surface area contributed by atoms with Crippen molar-refractivity contribution in [3.05, 3.63) is 108 Å². The third kappa shape index (κ3) is 2.75. The van der Waals surface area contributed by atoms with Gasteiger partial charge in [0.05, 0.1) is 11.0 Å². The molecule has 0 radical (unpaired) electrons. The third-order valence-electron chi connectivity index (χ3n) is 6.53. The Balaban J connectivity index is 1.54. The zero-order valence-corrected chi connectivity index (χ0v) is 18.3. The van der Waals surface area contributed by atoms with E-state index in [9.17, 15) is 0 Å². The lowest BCUT2D eigenvalue weighted by Gasteiger charge is -2.12. The highest BCUT2D eigenvalue weighted by Crippen LogP contribution is 2.37. The first-order chi connectivity index (χ1) is 16.3. The number of halogens is 1. The Labute approximate surface area is 195 Å². The summed E-state index contributed by atoms with van der Waals surface area (Å²) in [5.41, 5.74) is 3.39. The number of aromatic nitrogens is 2. The number of hydrogen-bond acceptors (Lipinski definition) is 2. The third-order valence-corrected chi connectivity index (χ3v) is 6.79. The smallest absolute Gasteiger partial charge is 0.156 e. The van der Waals surface area contributed by atoms with E-state index >= 15 is 0 Å². The van der Waals surface area contributed by atoms with Crippen LogP contribution in [0.4, 0.5) is 0 Å². The van der Waals surface area contributed by atoms with E-state index < -0.39 is 0 Å². The standard InChI is InChI=1S/C30H17ClN2/c31-30-27(20-15-16-22-19(17-20)14-13-18-7-1-2-8-21(18)22)32-28-25-11-5-3-9-23(25)24-10-4-6-12-26(24)29(28)33-30/h1-17H. The van der Waals surface area contributed by atoms with Gasteiger partial charge in [0.1, 0.15) is 5.69 Å². The van der Waals surface area contributed by atoms with Gasteiger partial charge in [-0.2, -0.15) is 0 Å². The van der Waals surface area contributed by atoms with E-state index in [4.69, 9.17) is 21.6 Å². The van der Waals surface area contributed by atoms with Crippen molar-refractivity contribution in [3.8, 4) is 11.3 Å². The van der Waals surface area contributed by atoms with Gasteiger partial charge in [-0.15, -0.1) is 0 Å². The van der Waals surface area contributed by atoms with Gasteiger partial charge in [-0.05, 0) is 38.4 Å². The summed E-state index contributed by atoms with van der Waals surface area (Å²) in [5.74, 6) is 0. The minimum atomic E-state index is 0.420. The topological polar surface area (TPSA) is 25.8 Å². The maximum Gasteiger partial charge on any atom is 0.156 e. The predicted molar refractivity (Wildman–Crippen MR) is 140 cm³/mol. The first kappa shape index (κ1) is 18.6. The zero-order chi connectivity index (χ0) is 21.9. The Morgan fingerprint density at radius 3 is 1.73 bits per heavy atom. The lowest BCUT2D eigenvalue weighted by molar-refractivity contribution is 1.31. The van der Waals surface area contributed by atoms with Crippen molar-refractivity contribution in [2.45, 2.75) is 0 Å². The largest absolute Gasteiger partial charge is 0.242 e. The van der Waals surface area contributed by atoms with Crippen molar-refractivity contribution in [1.82, 2.24) is 9.97 Å². The van der Waals surface area contributed by atoms with Crippen LogP contribution in [0.1, 0.15) is 0 Å². The molecule has 33 heavy (non-hydrogen) atoms. The summed E-state index contributed by atoms with van der Waals surface area (Å²) < 4.78 is 0. The van der Waals surface area contributed by atoms with E-state index in [1.807, 2.05) is 12.1 Å². The maximum absolute atomic E-state index is 6.76. The van der Waals surface area contributed by atoms with Gasteiger partial charge in [-0.25, -0.2) is 9.97 Å². The van der Waals surface area contributed by atoms with Crippen LogP contribution in [0, 0.1) is 0 Å². The van der Waals surface area contributed by atoms with Crippen LogP contribution in [-0.2, 0) is 0 Å². The van der Waals surface area contributed by atoms with E-state index in [0.717, 1.165) is 38.1 Å². The molecule has 0 N–H and O–H groups in total. The second-order valence-electron chi connectivity index (χ2n) is 8.37. The molecule has 7 rings (SSSR count). The molecule has 0 saturated heterocycles. The van der Waals surface area contributed by atoms with Crippen LogP contribution in [0.3, 0.4) is 0 Å². The fourth-order valence-electron chi connectivity index (χ4n) is 4.98. The summed E-state index contributed by atoms with van der Waals surface area (Å²) in [7, 11) is 0. The molecule has 0 aliphatic rings. The molecule has 0 amide bonds. The minimum Gasteiger partial charge on any atom is -0.242 e. The predicted octanol–water partition coefficient (Wildman–Crippen LogP) is 8.56. The fourth-order valence-corrected chi connectivity index (χ4v) is 5.22. The maximum atomic E-state index is 6.76. The van der Waals surface area contributed by atoms with E-state index in [1.165, 1.54) is 21.5 Å². The van der Waals surface area contributed by atoms with Crippen molar-refractivity contribution in [2.75, 3.05) is 0 Å². The molecule has 2 nitrogen and oxygen atoms in total. The van der Waals surface area contributed by atoms with Gasteiger partial charge in [-0.3, -0.25) is 0 Å². The van der Waals surface area contributed by atoms with Crippen LogP contribution < -0.4 is 0 Å². The Hall–Kier alpha value is -4.01. The number of nitrogens with zero attached hydrogens (tertiary/aromatic N) is 2. The summed E-state index contributed by atoms with van der Waals surface area (Å²) in [6.07, 6.45) is 0. The molecule has 0 unspecified atom stereocenters. The van der Waals surface area contributed by atoms with Crippen molar-refractivity contribution >= 4 is 65.7 Å². The lowest BCUT2D eigenvalue weighted by atomic mass is 9.98. The van der Waals surface area contributed by atoms with Crippen LogP contribution in [-0.4, -0.2) is 9.97 Å². The lowest BCUT2D eigenvalue weighted by Crippen LogP contribution is -1.94. The van der Waals surface area contributed by atoms with Gasteiger partial charge in [0.25, 0.3) is 0 Å². The van der Waals surface area contributed by atoms with Crippen LogP contribution in [0.5, 0.6) is 0 Å². The van der Waals surface area contributed by atoms with Gasteiger partial charge >= 0.3 is 0 Å². The molecule has 154 valence electrons. The second kappa shape index (κ2) is 6.99. The molecule has 6 aromatic carbocycles. The molecule has 1 heterocycles. The van der Waals surface area contributed by atoms with Crippen LogP contribution in [0.15, 0.2) is 103 Å². The van der Waals surface area contributed by atoms with Crippen molar-refractivity contribution in [1.29, 1.82) is 0 Å². The van der Waals surface area contributed by atoms with Gasteiger partial charge in [0.2, 0.25) is 0 Å². The van der Waals surface area contributed by atoms with E-state index in [0.29, 0.717) is 10.8 Å². The van der Waals surface area contributed by atoms with E-state index in [-0.39, 0.29) is 0 Å². The quantitative estimate of drug-likeness (QED) is 0.239. The van der Waals surface area contributed by atoms with Crippen molar-refractivity contribution in [2.24, 2.45) is 0 Å². The van der Waals surface area contributed by atoms with Gasteiger partial charge in [0.15, 0.2) is 5.15 Å². The number of rotatable bonds is 1. The molecule has 0 atom stereocenters. The monoisotopic (exact) mass is 440 g/mol. The summed E-state index contributed by atoms with van der Waals surface area (Å²) in [6.45, 7) is 0. The average molecular weight is 441 g/mol. The minimum absolute atomic E-state index is 0.420. The average Bonchev–Trinajstić information content (AvgIpc) is 2.88. The molecule has 3 heteroatoms. The summed E-state index contributed by atoms with van der Waals surface area (Å²) in [4.78, 5) is 9.96. The van der Waals surface area contributed by atoms with Gasteiger partial charge < -0.3 is 0 Å².